The highest BCUT2D eigenvalue weighted by molar-refractivity contribution is 5.87. The van der Waals surface area contributed by atoms with E-state index in [2.05, 4.69) is 15.3 Å². The number of aromatic nitrogens is 3. The molecule has 2 aliphatic heterocycles. The number of ether oxygens (including phenoxy) is 1. The third kappa shape index (κ3) is 4.33. The van der Waals surface area contributed by atoms with Gasteiger partial charge in [-0.1, -0.05) is 0 Å². The van der Waals surface area contributed by atoms with Gasteiger partial charge in [0.25, 0.3) is 5.91 Å². The topological polar surface area (TPSA) is 92.1 Å². The quantitative estimate of drug-likeness (QED) is 0.620. The summed E-state index contributed by atoms with van der Waals surface area (Å²) in [6.45, 7) is 4.40. The van der Waals surface area contributed by atoms with E-state index >= 15 is 0 Å². The van der Waals surface area contributed by atoms with Crippen LogP contribution in [0.4, 0.5) is 10.2 Å². The Labute approximate surface area is 196 Å². The third-order valence-corrected chi connectivity index (χ3v) is 6.38. The highest BCUT2D eigenvalue weighted by Gasteiger charge is 2.32. The van der Waals surface area contributed by atoms with Crippen LogP contribution in [0.25, 0.3) is 16.9 Å². The zero-order valence-corrected chi connectivity index (χ0v) is 19.0. The van der Waals surface area contributed by atoms with Crippen molar-refractivity contribution in [3.63, 3.8) is 0 Å². The molecule has 9 nitrogen and oxygen atoms in total. The van der Waals surface area contributed by atoms with E-state index in [1.807, 2.05) is 4.40 Å². The molecule has 2 unspecified atom stereocenters. The number of hydrogen-bond acceptors (Lipinski definition) is 6. The molecule has 2 aromatic heterocycles. The summed E-state index contributed by atoms with van der Waals surface area (Å²) in [6.07, 6.45) is 6.39. The van der Waals surface area contributed by atoms with Crippen molar-refractivity contribution < 1.29 is 18.7 Å². The molecule has 3 aromatic rings. The first-order valence-corrected chi connectivity index (χ1v) is 11.5. The van der Waals surface area contributed by atoms with Gasteiger partial charge in [-0.15, -0.1) is 0 Å². The van der Waals surface area contributed by atoms with Gasteiger partial charge in [-0.05, 0) is 44.0 Å². The van der Waals surface area contributed by atoms with Crippen LogP contribution >= 0.6 is 0 Å². The van der Waals surface area contributed by atoms with Crippen molar-refractivity contribution in [2.45, 2.75) is 31.9 Å². The van der Waals surface area contributed by atoms with E-state index < -0.39 is 6.04 Å². The van der Waals surface area contributed by atoms with Crippen molar-refractivity contribution in [1.82, 2.24) is 24.2 Å². The van der Waals surface area contributed by atoms with E-state index in [0.29, 0.717) is 49.9 Å². The fourth-order valence-corrected chi connectivity index (χ4v) is 4.52. The van der Waals surface area contributed by atoms with Crippen molar-refractivity contribution in [3.05, 3.63) is 48.7 Å². The van der Waals surface area contributed by atoms with Crippen molar-refractivity contribution >= 4 is 23.3 Å². The lowest BCUT2D eigenvalue weighted by Gasteiger charge is -2.37. The molecule has 5 rings (SSSR count). The third-order valence-electron chi connectivity index (χ3n) is 6.38. The molecule has 0 radical (unpaired) electrons. The zero-order valence-electron chi connectivity index (χ0n) is 19.0. The average molecular weight is 467 g/mol. The van der Waals surface area contributed by atoms with Gasteiger partial charge in [-0.25, -0.2) is 9.37 Å². The first kappa shape index (κ1) is 22.3. The standard InChI is InChI=1S/C24H27FN6O3/c1-16(23(32)29-10-12-30(13-11-29)24(33)19-3-2-14-34-19)27-22-21(17-4-6-18(25)7-5-17)28-20-15-26-8-9-31(20)22/h4-9,15-16,19,27H,2-3,10-14H2,1H3. The number of halogens is 1. The Kier molecular flexibility index (Phi) is 6.14. The number of carbonyl (C=O) groups excluding carboxylic acids is 2. The monoisotopic (exact) mass is 466 g/mol. The van der Waals surface area contributed by atoms with Crippen LogP contribution < -0.4 is 5.32 Å². The summed E-state index contributed by atoms with van der Waals surface area (Å²) < 4.78 is 20.8. The first-order valence-electron chi connectivity index (χ1n) is 11.5. The maximum Gasteiger partial charge on any atom is 0.251 e. The normalized spacial score (nSPS) is 19.4. The minimum Gasteiger partial charge on any atom is -0.368 e. The summed E-state index contributed by atoms with van der Waals surface area (Å²) in [4.78, 5) is 38.2. The van der Waals surface area contributed by atoms with Crippen molar-refractivity contribution in [2.24, 2.45) is 0 Å². The number of hydrogen-bond donors (Lipinski definition) is 1. The number of rotatable bonds is 5. The highest BCUT2D eigenvalue weighted by Crippen LogP contribution is 2.29. The van der Waals surface area contributed by atoms with Crippen LogP contribution in [-0.2, 0) is 14.3 Å². The predicted molar refractivity (Wildman–Crippen MR) is 124 cm³/mol. The molecule has 4 heterocycles. The molecule has 0 saturated carbocycles. The molecule has 0 aliphatic carbocycles. The minimum absolute atomic E-state index is 0.0269. The van der Waals surface area contributed by atoms with Crippen LogP contribution in [0.5, 0.6) is 0 Å². The van der Waals surface area contributed by atoms with Gasteiger partial charge in [0.1, 0.15) is 29.5 Å². The molecule has 0 bridgehead atoms. The Morgan fingerprint density at radius 3 is 2.59 bits per heavy atom. The maximum absolute atomic E-state index is 13.5. The summed E-state index contributed by atoms with van der Waals surface area (Å²) in [7, 11) is 0. The molecular weight excluding hydrogens is 439 g/mol. The van der Waals surface area contributed by atoms with Crippen LogP contribution in [0.1, 0.15) is 19.8 Å². The summed E-state index contributed by atoms with van der Waals surface area (Å²) >= 11 is 0. The second kappa shape index (κ2) is 9.38. The Hall–Kier alpha value is -3.53. The molecule has 2 atom stereocenters. The van der Waals surface area contributed by atoms with Crippen molar-refractivity contribution in [2.75, 3.05) is 38.1 Å². The van der Waals surface area contributed by atoms with Crippen molar-refractivity contribution in [3.8, 4) is 11.3 Å². The second-order valence-corrected chi connectivity index (χ2v) is 8.64. The zero-order chi connectivity index (χ0) is 23.7. The number of carbonyl (C=O) groups is 2. The molecule has 2 amide bonds. The number of nitrogens with one attached hydrogen (secondary N) is 1. The molecular formula is C24H27FN6O3. The number of nitrogens with zero attached hydrogens (tertiary/aromatic N) is 5. The predicted octanol–water partition coefficient (Wildman–Crippen LogP) is 2.19. The number of imidazole rings is 1. The Balaban J connectivity index is 1.29. The smallest absolute Gasteiger partial charge is 0.251 e. The Morgan fingerprint density at radius 1 is 1.15 bits per heavy atom. The highest BCUT2D eigenvalue weighted by atomic mass is 19.1. The van der Waals surface area contributed by atoms with Crippen LogP contribution in [0.2, 0.25) is 0 Å². The SMILES string of the molecule is CC(Nc1c(-c2ccc(F)cc2)nc2cnccn12)C(=O)N1CCN(C(=O)C2CCCO2)CC1. The van der Waals surface area contributed by atoms with E-state index in [1.54, 1.807) is 47.4 Å². The van der Waals surface area contributed by atoms with E-state index in [9.17, 15) is 14.0 Å². The van der Waals surface area contributed by atoms with E-state index in [-0.39, 0.29) is 23.7 Å². The van der Waals surface area contributed by atoms with Crippen LogP contribution in [0.3, 0.4) is 0 Å². The molecule has 0 spiro atoms. The molecule has 10 heteroatoms. The van der Waals surface area contributed by atoms with Crippen LogP contribution in [-0.4, -0.2) is 80.9 Å². The van der Waals surface area contributed by atoms with Crippen molar-refractivity contribution in [1.29, 1.82) is 0 Å². The Morgan fingerprint density at radius 2 is 1.88 bits per heavy atom. The van der Waals surface area contributed by atoms with Gasteiger partial charge in [0.2, 0.25) is 5.91 Å². The van der Waals surface area contributed by atoms with Gasteiger partial charge in [-0.2, -0.15) is 0 Å². The second-order valence-electron chi connectivity index (χ2n) is 8.64. The number of piperazine rings is 1. The lowest BCUT2D eigenvalue weighted by molar-refractivity contribution is -0.146. The fraction of sp³-hybridized carbons (Fsp3) is 0.417. The molecule has 2 fully saturated rings. The van der Waals surface area contributed by atoms with E-state index in [1.165, 1.54) is 12.1 Å². The molecule has 1 N–H and O–H groups in total. The molecule has 34 heavy (non-hydrogen) atoms. The number of anilines is 1. The average Bonchev–Trinajstić information content (AvgIpc) is 3.53. The fourth-order valence-electron chi connectivity index (χ4n) is 4.52. The van der Waals surface area contributed by atoms with Crippen LogP contribution in [0.15, 0.2) is 42.9 Å². The number of benzene rings is 1. The van der Waals surface area contributed by atoms with E-state index in [4.69, 9.17) is 4.74 Å². The molecule has 2 saturated heterocycles. The van der Waals surface area contributed by atoms with Gasteiger partial charge in [0, 0.05) is 50.7 Å². The minimum atomic E-state index is -0.535. The number of amides is 2. The largest absolute Gasteiger partial charge is 0.368 e. The van der Waals surface area contributed by atoms with Gasteiger partial charge < -0.3 is 19.9 Å². The maximum atomic E-state index is 13.5. The molecule has 1 aromatic carbocycles. The Bertz CT molecular complexity index is 1180. The summed E-state index contributed by atoms with van der Waals surface area (Å²) in [5.41, 5.74) is 1.96. The lowest BCUT2D eigenvalue weighted by Crippen LogP contribution is -2.55. The number of fused-ring (bicyclic) bond motifs is 1. The van der Waals surface area contributed by atoms with E-state index in [0.717, 1.165) is 18.4 Å². The molecule has 178 valence electrons. The summed E-state index contributed by atoms with van der Waals surface area (Å²) in [5, 5.41) is 3.31. The summed E-state index contributed by atoms with van der Waals surface area (Å²) in [5.74, 6) is 0.277. The lowest BCUT2D eigenvalue weighted by atomic mass is 10.1. The molecule has 2 aliphatic rings. The summed E-state index contributed by atoms with van der Waals surface area (Å²) in [6, 6.07) is 5.55. The van der Waals surface area contributed by atoms with Gasteiger partial charge in [0.05, 0.1) is 6.20 Å². The van der Waals surface area contributed by atoms with Gasteiger partial charge >= 0.3 is 0 Å². The van der Waals surface area contributed by atoms with Crippen LogP contribution in [0, 0.1) is 5.82 Å². The van der Waals surface area contributed by atoms with Gasteiger partial charge in [0.15, 0.2) is 5.65 Å². The first-order chi connectivity index (χ1) is 16.5. The van der Waals surface area contributed by atoms with Gasteiger partial charge in [-0.3, -0.25) is 19.0 Å².